The summed E-state index contributed by atoms with van der Waals surface area (Å²) < 4.78 is 0. The molecule has 1 aromatic heterocycles. The van der Waals surface area contributed by atoms with Crippen LogP contribution < -0.4 is 5.32 Å². The van der Waals surface area contributed by atoms with Gasteiger partial charge in [0.15, 0.2) is 0 Å². The van der Waals surface area contributed by atoms with Gasteiger partial charge in [0.2, 0.25) is 11.8 Å². The van der Waals surface area contributed by atoms with Gasteiger partial charge in [0.1, 0.15) is 5.01 Å². The molecule has 0 aliphatic carbocycles. The highest BCUT2D eigenvalue weighted by Gasteiger charge is 2.31. The number of amides is 2. The summed E-state index contributed by atoms with van der Waals surface area (Å²) >= 11 is 1.60. The Morgan fingerprint density at radius 2 is 2.15 bits per heavy atom. The second-order valence-corrected chi connectivity index (χ2v) is 7.08. The van der Waals surface area contributed by atoms with Gasteiger partial charge in [0.05, 0.1) is 11.7 Å². The number of nitrogens with one attached hydrogen (secondary N) is 1. The van der Waals surface area contributed by atoms with Crippen LogP contribution in [0.25, 0.3) is 0 Å². The van der Waals surface area contributed by atoms with Gasteiger partial charge in [-0.15, -0.1) is 11.3 Å². The van der Waals surface area contributed by atoms with Crippen LogP contribution in [-0.4, -0.2) is 34.8 Å². The van der Waals surface area contributed by atoms with E-state index in [0.717, 1.165) is 10.7 Å². The average molecular weight is 295 g/mol. The van der Waals surface area contributed by atoms with E-state index < -0.39 is 0 Å². The van der Waals surface area contributed by atoms with Crippen molar-refractivity contribution in [2.75, 3.05) is 7.05 Å². The number of thiazole rings is 1. The number of carbonyl (C=O) groups excluding carboxylic acids is 2. The molecule has 2 amide bonds. The molecule has 0 saturated carbocycles. The molecule has 110 valence electrons. The van der Waals surface area contributed by atoms with Gasteiger partial charge >= 0.3 is 0 Å². The lowest BCUT2D eigenvalue weighted by atomic mass is 9.93. The average Bonchev–Trinajstić information content (AvgIpc) is 2.84. The van der Waals surface area contributed by atoms with Crippen molar-refractivity contribution in [3.8, 4) is 0 Å². The zero-order chi connectivity index (χ0) is 14.9. The van der Waals surface area contributed by atoms with Crippen LogP contribution >= 0.6 is 11.3 Å². The minimum atomic E-state index is -0.278. The standard InChI is InChI=1S/C14H21N3O2S/c1-14(2,3)10-8-20-11(16-10)7-15-9-5-6-12(18)17(4)13(9)19/h8-9,15H,5-7H2,1-4H3. The molecule has 1 N–H and O–H groups in total. The largest absolute Gasteiger partial charge is 0.299 e. The highest BCUT2D eigenvalue weighted by molar-refractivity contribution is 7.09. The van der Waals surface area contributed by atoms with E-state index in [0.29, 0.717) is 19.4 Å². The molecule has 1 aliphatic rings. The number of carbonyl (C=O) groups is 2. The molecule has 0 spiro atoms. The number of aromatic nitrogens is 1. The predicted octanol–water partition coefficient (Wildman–Crippen LogP) is 1.68. The molecule has 0 bridgehead atoms. The maximum Gasteiger partial charge on any atom is 0.246 e. The lowest BCUT2D eigenvalue weighted by Gasteiger charge is -2.28. The first-order chi connectivity index (χ1) is 9.29. The number of likely N-dealkylation sites (N-methyl/N-ethyl adjacent to an activating group) is 1. The summed E-state index contributed by atoms with van der Waals surface area (Å²) in [6.45, 7) is 6.96. The molecule has 20 heavy (non-hydrogen) atoms. The molecule has 1 fully saturated rings. The number of nitrogens with zero attached hydrogens (tertiary/aromatic N) is 2. The fourth-order valence-electron chi connectivity index (χ4n) is 2.05. The van der Waals surface area contributed by atoms with E-state index in [1.165, 1.54) is 4.90 Å². The Balaban J connectivity index is 1.94. The van der Waals surface area contributed by atoms with Gasteiger partial charge in [-0.25, -0.2) is 4.98 Å². The Kier molecular flexibility index (Phi) is 4.25. The molecule has 1 unspecified atom stereocenters. The third-order valence-corrected chi connectivity index (χ3v) is 4.32. The Labute approximate surface area is 123 Å². The first-order valence-corrected chi connectivity index (χ1v) is 7.65. The van der Waals surface area contributed by atoms with E-state index in [1.807, 2.05) is 0 Å². The minimum absolute atomic E-state index is 0.0437. The fourth-order valence-corrected chi connectivity index (χ4v) is 3.02. The maximum absolute atomic E-state index is 11.9. The quantitative estimate of drug-likeness (QED) is 0.862. The number of likely N-dealkylation sites (tertiary alicyclic amines) is 1. The van der Waals surface area contributed by atoms with E-state index in [4.69, 9.17) is 0 Å². The highest BCUT2D eigenvalue weighted by atomic mass is 32.1. The molecule has 1 aliphatic heterocycles. The minimum Gasteiger partial charge on any atom is -0.299 e. The van der Waals surface area contributed by atoms with Gasteiger partial charge in [-0.1, -0.05) is 20.8 Å². The van der Waals surface area contributed by atoms with Gasteiger partial charge in [-0.2, -0.15) is 0 Å². The third kappa shape index (κ3) is 3.24. The van der Waals surface area contributed by atoms with Crippen molar-refractivity contribution in [2.45, 2.75) is 51.6 Å². The Morgan fingerprint density at radius 3 is 2.75 bits per heavy atom. The molecule has 1 saturated heterocycles. The van der Waals surface area contributed by atoms with Crippen molar-refractivity contribution in [2.24, 2.45) is 0 Å². The molecule has 1 atom stereocenters. The Hall–Kier alpha value is -1.27. The smallest absolute Gasteiger partial charge is 0.246 e. The number of piperidine rings is 1. The van der Waals surface area contributed by atoms with Crippen molar-refractivity contribution in [1.29, 1.82) is 0 Å². The van der Waals surface area contributed by atoms with E-state index >= 15 is 0 Å². The fraction of sp³-hybridized carbons (Fsp3) is 0.643. The van der Waals surface area contributed by atoms with Crippen LogP contribution in [0.2, 0.25) is 0 Å². The molecule has 0 aromatic carbocycles. The van der Waals surface area contributed by atoms with Crippen molar-refractivity contribution in [3.05, 3.63) is 16.1 Å². The predicted molar refractivity (Wildman–Crippen MR) is 78.5 cm³/mol. The highest BCUT2D eigenvalue weighted by Crippen LogP contribution is 2.24. The molecule has 6 heteroatoms. The summed E-state index contributed by atoms with van der Waals surface area (Å²) in [5.74, 6) is -0.244. The molecule has 0 radical (unpaired) electrons. The van der Waals surface area contributed by atoms with E-state index in [-0.39, 0.29) is 23.3 Å². The van der Waals surface area contributed by atoms with Crippen LogP contribution in [0.15, 0.2) is 5.38 Å². The molecule has 1 aromatic rings. The number of hydrogen-bond acceptors (Lipinski definition) is 5. The van der Waals surface area contributed by atoms with E-state index in [1.54, 1.807) is 18.4 Å². The van der Waals surface area contributed by atoms with E-state index in [2.05, 4.69) is 36.5 Å². The Morgan fingerprint density at radius 1 is 1.45 bits per heavy atom. The number of hydrogen-bond donors (Lipinski definition) is 1. The molecule has 2 rings (SSSR count). The second kappa shape index (κ2) is 5.61. The van der Waals surface area contributed by atoms with Crippen molar-refractivity contribution >= 4 is 23.2 Å². The van der Waals surface area contributed by atoms with Crippen LogP contribution in [0.3, 0.4) is 0 Å². The lowest BCUT2D eigenvalue weighted by Crippen LogP contribution is -2.51. The topological polar surface area (TPSA) is 62.3 Å². The van der Waals surface area contributed by atoms with Gasteiger partial charge < -0.3 is 0 Å². The number of imide groups is 1. The molecular weight excluding hydrogens is 274 g/mol. The Bertz CT molecular complexity index is 519. The second-order valence-electron chi connectivity index (χ2n) is 6.14. The van der Waals surface area contributed by atoms with Gasteiger partial charge in [-0.05, 0) is 6.42 Å². The van der Waals surface area contributed by atoms with Gasteiger partial charge in [0, 0.05) is 30.8 Å². The first-order valence-electron chi connectivity index (χ1n) is 6.77. The molecule has 2 heterocycles. The van der Waals surface area contributed by atoms with Gasteiger partial charge in [0.25, 0.3) is 0 Å². The first kappa shape index (κ1) is 15.1. The zero-order valence-electron chi connectivity index (χ0n) is 12.4. The summed E-state index contributed by atoms with van der Waals surface area (Å²) in [5, 5.41) is 6.25. The van der Waals surface area contributed by atoms with Crippen LogP contribution in [0.5, 0.6) is 0 Å². The summed E-state index contributed by atoms with van der Waals surface area (Å²) in [5.41, 5.74) is 1.11. The third-order valence-electron chi connectivity index (χ3n) is 3.47. The van der Waals surface area contributed by atoms with Gasteiger partial charge in [-0.3, -0.25) is 19.8 Å². The maximum atomic E-state index is 11.9. The number of rotatable bonds is 3. The summed E-state index contributed by atoms with van der Waals surface area (Å²) in [6.07, 6.45) is 0.991. The normalized spacial score (nSPS) is 20.6. The van der Waals surface area contributed by atoms with Crippen LogP contribution in [-0.2, 0) is 21.5 Å². The summed E-state index contributed by atoms with van der Waals surface area (Å²) in [4.78, 5) is 29.2. The molecular formula is C14H21N3O2S. The van der Waals surface area contributed by atoms with Crippen LogP contribution in [0.1, 0.15) is 44.3 Å². The summed E-state index contributed by atoms with van der Waals surface area (Å²) in [7, 11) is 1.54. The van der Waals surface area contributed by atoms with Crippen molar-refractivity contribution in [1.82, 2.24) is 15.2 Å². The van der Waals surface area contributed by atoms with Crippen LogP contribution in [0, 0.1) is 0 Å². The lowest BCUT2D eigenvalue weighted by molar-refractivity contribution is -0.148. The molecule has 5 nitrogen and oxygen atoms in total. The SMILES string of the molecule is CN1C(=O)CCC(NCc2nc(C(C)(C)C)cs2)C1=O. The van der Waals surface area contributed by atoms with E-state index in [9.17, 15) is 9.59 Å². The monoisotopic (exact) mass is 295 g/mol. The van der Waals surface area contributed by atoms with Crippen LogP contribution in [0.4, 0.5) is 0 Å². The van der Waals surface area contributed by atoms with Crippen molar-refractivity contribution in [3.63, 3.8) is 0 Å². The summed E-state index contributed by atoms with van der Waals surface area (Å²) in [6, 6.07) is -0.278. The zero-order valence-corrected chi connectivity index (χ0v) is 13.2. The van der Waals surface area contributed by atoms with Crippen molar-refractivity contribution < 1.29 is 9.59 Å².